The van der Waals surface area contributed by atoms with Crippen molar-refractivity contribution in [2.75, 3.05) is 5.32 Å². The van der Waals surface area contributed by atoms with E-state index in [-0.39, 0.29) is 23.6 Å². The molecular weight excluding hydrogens is 376 g/mol. The molecule has 0 spiro atoms. The van der Waals surface area contributed by atoms with Gasteiger partial charge in [-0.05, 0) is 30.3 Å². The summed E-state index contributed by atoms with van der Waals surface area (Å²) < 4.78 is 80.0. The first kappa shape index (κ1) is 18.5. The van der Waals surface area contributed by atoms with Crippen LogP contribution in [0.15, 0.2) is 48.7 Å². The lowest BCUT2D eigenvalue weighted by molar-refractivity contribution is -0.138. The van der Waals surface area contributed by atoms with Crippen LogP contribution >= 0.6 is 0 Å². The molecule has 3 rings (SSSR count). The molecule has 0 saturated heterocycles. The summed E-state index contributed by atoms with van der Waals surface area (Å²) >= 11 is 0. The number of halogens is 6. The molecule has 0 aliphatic heterocycles. The molecule has 3 aromatic rings. The number of alkyl halides is 3. The van der Waals surface area contributed by atoms with E-state index in [0.29, 0.717) is 0 Å². The number of anilines is 1. The van der Waals surface area contributed by atoms with E-state index < -0.39 is 40.7 Å². The Labute approximate surface area is 148 Å². The summed E-state index contributed by atoms with van der Waals surface area (Å²) in [6.45, 7) is 0. The normalized spacial score (nSPS) is 11.5. The van der Waals surface area contributed by atoms with E-state index in [1.165, 1.54) is 30.5 Å². The molecular formula is C17H9F6N3O. The minimum Gasteiger partial charge on any atom is -0.306 e. The summed E-state index contributed by atoms with van der Waals surface area (Å²) in [6.07, 6.45) is -3.73. The summed E-state index contributed by atoms with van der Waals surface area (Å²) in [7, 11) is 0. The first-order valence-corrected chi connectivity index (χ1v) is 7.34. The van der Waals surface area contributed by atoms with Gasteiger partial charge in [0.15, 0.2) is 0 Å². The lowest BCUT2D eigenvalue weighted by atomic mass is 10.1. The summed E-state index contributed by atoms with van der Waals surface area (Å²) in [6, 6.07) is 6.45. The third-order valence-corrected chi connectivity index (χ3v) is 3.53. The Bertz CT molecular complexity index is 989. The van der Waals surface area contributed by atoms with Gasteiger partial charge in [-0.3, -0.25) is 4.79 Å². The van der Waals surface area contributed by atoms with E-state index in [2.05, 4.69) is 10.4 Å². The Morgan fingerprint density at radius 3 is 2.26 bits per heavy atom. The highest BCUT2D eigenvalue weighted by atomic mass is 19.4. The van der Waals surface area contributed by atoms with E-state index >= 15 is 0 Å². The average Bonchev–Trinajstić information content (AvgIpc) is 3.01. The third-order valence-electron chi connectivity index (χ3n) is 3.53. The van der Waals surface area contributed by atoms with Gasteiger partial charge in [0.1, 0.15) is 28.8 Å². The molecule has 0 radical (unpaired) electrons. The number of nitrogens with zero attached hydrogens (tertiary/aromatic N) is 2. The zero-order chi connectivity index (χ0) is 19.8. The van der Waals surface area contributed by atoms with Crippen LogP contribution in [0.1, 0.15) is 15.9 Å². The number of aromatic nitrogens is 2. The van der Waals surface area contributed by atoms with Crippen LogP contribution in [0.25, 0.3) is 5.69 Å². The van der Waals surface area contributed by atoms with Crippen LogP contribution < -0.4 is 5.32 Å². The largest absolute Gasteiger partial charge is 0.416 e. The van der Waals surface area contributed by atoms with E-state index in [9.17, 15) is 31.1 Å². The first-order chi connectivity index (χ1) is 12.7. The number of carbonyl (C=O) groups is 1. The molecule has 27 heavy (non-hydrogen) atoms. The number of benzene rings is 2. The van der Waals surface area contributed by atoms with Crippen molar-refractivity contribution >= 4 is 11.7 Å². The zero-order valence-corrected chi connectivity index (χ0v) is 13.2. The molecule has 0 aliphatic carbocycles. The van der Waals surface area contributed by atoms with Crippen LogP contribution in [-0.2, 0) is 6.18 Å². The first-order valence-electron chi connectivity index (χ1n) is 7.34. The predicted molar refractivity (Wildman–Crippen MR) is 82.8 cm³/mol. The molecule has 10 heteroatoms. The van der Waals surface area contributed by atoms with Crippen molar-refractivity contribution in [3.8, 4) is 5.69 Å². The Hall–Kier alpha value is -3.30. The number of rotatable bonds is 3. The predicted octanol–water partition coefficient (Wildman–Crippen LogP) is 4.56. The highest BCUT2D eigenvalue weighted by Gasteiger charge is 2.33. The van der Waals surface area contributed by atoms with Crippen LogP contribution in [0.5, 0.6) is 0 Å². The molecule has 0 aliphatic rings. The molecule has 0 bridgehead atoms. The molecule has 0 fully saturated rings. The quantitative estimate of drug-likeness (QED) is 0.672. The molecule has 1 amide bonds. The Kier molecular flexibility index (Phi) is 4.64. The van der Waals surface area contributed by atoms with Crippen molar-refractivity contribution in [3.63, 3.8) is 0 Å². The molecule has 0 saturated carbocycles. The van der Waals surface area contributed by atoms with Crippen molar-refractivity contribution in [1.29, 1.82) is 0 Å². The topological polar surface area (TPSA) is 46.9 Å². The molecule has 2 aromatic carbocycles. The van der Waals surface area contributed by atoms with E-state index in [1.807, 2.05) is 0 Å². The van der Waals surface area contributed by atoms with Gasteiger partial charge in [0, 0.05) is 6.07 Å². The molecule has 0 unspecified atom stereocenters. The van der Waals surface area contributed by atoms with Gasteiger partial charge in [-0.15, -0.1) is 0 Å². The molecule has 140 valence electrons. The summed E-state index contributed by atoms with van der Waals surface area (Å²) in [5.74, 6) is -5.31. The van der Waals surface area contributed by atoms with Crippen molar-refractivity contribution in [3.05, 3.63) is 77.2 Å². The van der Waals surface area contributed by atoms with Gasteiger partial charge in [-0.2, -0.15) is 18.3 Å². The number of nitrogens with one attached hydrogen (secondary N) is 1. The number of hydrogen-bond acceptors (Lipinski definition) is 2. The standard InChI is InChI=1S/C17H9F6N3O/c18-10-2-1-3-11(8-10)26-14(4-5-24-26)25-16(27)15-12(19)6-9(7-13(15)20)17(21,22)23/h1-8H,(H,25,27). The monoisotopic (exact) mass is 385 g/mol. The zero-order valence-electron chi connectivity index (χ0n) is 13.2. The number of hydrogen-bond donors (Lipinski definition) is 1. The van der Waals surface area contributed by atoms with E-state index in [1.54, 1.807) is 0 Å². The highest BCUT2D eigenvalue weighted by Crippen LogP contribution is 2.31. The second-order valence-corrected chi connectivity index (χ2v) is 5.37. The van der Waals surface area contributed by atoms with Gasteiger partial charge >= 0.3 is 6.18 Å². The molecule has 1 N–H and O–H groups in total. The molecule has 1 heterocycles. The van der Waals surface area contributed by atoms with Crippen LogP contribution in [0.4, 0.5) is 32.2 Å². The lowest BCUT2D eigenvalue weighted by Crippen LogP contribution is -2.19. The Balaban J connectivity index is 1.93. The highest BCUT2D eigenvalue weighted by molar-refractivity contribution is 6.04. The van der Waals surface area contributed by atoms with E-state index in [0.717, 1.165) is 10.7 Å². The van der Waals surface area contributed by atoms with Crippen molar-refractivity contribution in [2.45, 2.75) is 6.18 Å². The van der Waals surface area contributed by atoms with Crippen LogP contribution in [0.3, 0.4) is 0 Å². The summed E-state index contributed by atoms with van der Waals surface area (Å²) in [4.78, 5) is 12.2. The minimum atomic E-state index is -4.97. The maximum Gasteiger partial charge on any atom is 0.416 e. The van der Waals surface area contributed by atoms with Gasteiger partial charge in [0.25, 0.3) is 5.91 Å². The SMILES string of the molecule is O=C(Nc1ccnn1-c1cccc(F)c1)c1c(F)cc(C(F)(F)F)cc1F. The molecule has 1 aromatic heterocycles. The van der Waals surface area contributed by atoms with Crippen molar-refractivity contribution in [2.24, 2.45) is 0 Å². The molecule has 0 atom stereocenters. The average molecular weight is 385 g/mol. The van der Waals surface area contributed by atoms with Crippen LogP contribution in [-0.4, -0.2) is 15.7 Å². The Morgan fingerprint density at radius 1 is 1.00 bits per heavy atom. The third kappa shape index (κ3) is 3.78. The summed E-state index contributed by atoms with van der Waals surface area (Å²) in [5, 5.41) is 6.01. The van der Waals surface area contributed by atoms with Gasteiger partial charge in [-0.25, -0.2) is 17.9 Å². The van der Waals surface area contributed by atoms with Crippen molar-refractivity contribution < 1.29 is 31.1 Å². The second kappa shape index (κ2) is 6.78. The fourth-order valence-electron chi connectivity index (χ4n) is 2.34. The second-order valence-electron chi connectivity index (χ2n) is 5.37. The number of carbonyl (C=O) groups excluding carboxylic acids is 1. The van der Waals surface area contributed by atoms with Crippen LogP contribution in [0, 0.1) is 17.5 Å². The van der Waals surface area contributed by atoms with Crippen LogP contribution in [0.2, 0.25) is 0 Å². The van der Waals surface area contributed by atoms with Gasteiger partial charge < -0.3 is 5.32 Å². The van der Waals surface area contributed by atoms with Gasteiger partial charge in [0.05, 0.1) is 17.4 Å². The minimum absolute atomic E-state index is 0.0296. The van der Waals surface area contributed by atoms with Gasteiger partial charge in [-0.1, -0.05) is 6.07 Å². The maximum atomic E-state index is 13.9. The Morgan fingerprint density at radius 2 is 1.67 bits per heavy atom. The van der Waals surface area contributed by atoms with Gasteiger partial charge in [0.2, 0.25) is 0 Å². The lowest BCUT2D eigenvalue weighted by Gasteiger charge is -2.12. The smallest absolute Gasteiger partial charge is 0.306 e. The maximum absolute atomic E-state index is 13.9. The fraction of sp³-hybridized carbons (Fsp3) is 0.0588. The molecule has 4 nitrogen and oxygen atoms in total. The fourth-order valence-corrected chi connectivity index (χ4v) is 2.34. The number of amides is 1. The summed E-state index contributed by atoms with van der Waals surface area (Å²) in [5.41, 5.74) is -2.53. The van der Waals surface area contributed by atoms with E-state index in [4.69, 9.17) is 0 Å². The van der Waals surface area contributed by atoms with Crippen molar-refractivity contribution in [1.82, 2.24) is 9.78 Å².